The first kappa shape index (κ1) is 18.5. The van der Waals surface area contributed by atoms with Crippen molar-refractivity contribution in [1.82, 2.24) is 4.98 Å². The number of aromatic amines is 1. The smallest absolute Gasteiger partial charge is 0.341 e. The molecule has 8 nitrogen and oxygen atoms in total. The number of benzene rings is 1. The molecule has 0 radical (unpaired) electrons. The van der Waals surface area contributed by atoms with Crippen LogP contribution in [0.4, 0.5) is 0 Å². The van der Waals surface area contributed by atoms with E-state index in [0.29, 0.717) is 29.4 Å². The zero-order valence-electron chi connectivity index (χ0n) is 15.1. The minimum absolute atomic E-state index is 0.157. The predicted octanol–water partition coefficient (Wildman–Crippen LogP) is 2.01. The third kappa shape index (κ3) is 3.14. The minimum atomic E-state index is -1.37. The summed E-state index contributed by atoms with van der Waals surface area (Å²) in [6.07, 6.45) is 0.520. The summed E-state index contributed by atoms with van der Waals surface area (Å²) in [5, 5.41) is 9.09. The van der Waals surface area contributed by atoms with Crippen molar-refractivity contribution in [2.24, 2.45) is 0 Å². The number of H-pyrrole nitrogens is 1. The number of rotatable bonds is 5. The second-order valence-corrected chi connectivity index (χ2v) is 6.16. The summed E-state index contributed by atoms with van der Waals surface area (Å²) < 4.78 is 16.2. The molecule has 0 saturated carbocycles. The van der Waals surface area contributed by atoms with Gasteiger partial charge in [0.2, 0.25) is 5.75 Å². The number of ether oxygens (including phenoxy) is 3. The maximum Gasteiger partial charge on any atom is 0.341 e. The number of Topliss-reactive ketones (excluding diaryl/α,β-unsaturated/α-hetero) is 1. The van der Waals surface area contributed by atoms with Gasteiger partial charge in [0.1, 0.15) is 5.56 Å². The maximum absolute atomic E-state index is 12.6. The van der Waals surface area contributed by atoms with Crippen molar-refractivity contribution >= 4 is 11.8 Å². The highest BCUT2D eigenvalue weighted by atomic mass is 16.5. The SMILES string of the molecule is COc1ccc(C2CC(=O)c3cc(C(=O)O)c(=O)[nH]c3C2)c(OC)c1OC. The number of hydrogen-bond acceptors (Lipinski definition) is 6. The average Bonchev–Trinajstić information content (AvgIpc) is 2.65. The van der Waals surface area contributed by atoms with E-state index in [1.165, 1.54) is 21.3 Å². The Morgan fingerprint density at radius 2 is 1.78 bits per heavy atom. The zero-order valence-corrected chi connectivity index (χ0v) is 15.1. The summed E-state index contributed by atoms with van der Waals surface area (Å²) >= 11 is 0. The number of carboxylic acids is 1. The van der Waals surface area contributed by atoms with Crippen LogP contribution in [-0.2, 0) is 6.42 Å². The number of aromatic carboxylic acids is 1. The number of pyridine rings is 1. The molecule has 0 amide bonds. The van der Waals surface area contributed by atoms with Crippen molar-refractivity contribution < 1.29 is 28.9 Å². The number of ketones is 1. The number of hydrogen-bond donors (Lipinski definition) is 2. The summed E-state index contributed by atoms with van der Waals surface area (Å²) in [5.74, 6) is -0.480. The van der Waals surface area contributed by atoms with Crippen LogP contribution in [0, 0.1) is 0 Å². The molecule has 0 saturated heterocycles. The molecule has 1 atom stereocenters. The van der Waals surface area contributed by atoms with E-state index in [0.717, 1.165) is 11.6 Å². The Morgan fingerprint density at radius 1 is 1.07 bits per heavy atom. The van der Waals surface area contributed by atoms with Crippen LogP contribution in [0.15, 0.2) is 23.0 Å². The average molecular weight is 373 g/mol. The lowest BCUT2D eigenvalue weighted by atomic mass is 9.81. The van der Waals surface area contributed by atoms with Crippen LogP contribution in [0.1, 0.15) is 44.3 Å². The Balaban J connectivity index is 2.07. The van der Waals surface area contributed by atoms with Gasteiger partial charge < -0.3 is 24.3 Å². The highest BCUT2D eigenvalue weighted by Crippen LogP contribution is 2.45. The van der Waals surface area contributed by atoms with Gasteiger partial charge in [0.25, 0.3) is 5.56 Å². The van der Waals surface area contributed by atoms with Gasteiger partial charge in [0, 0.05) is 29.2 Å². The molecule has 0 fully saturated rings. The first-order chi connectivity index (χ1) is 12.9. The van der Waals surface area contributed by atoms with Gasteiger partial charge in [-0.25, -0.2) is 4.79 Å². The van der Waals surface area contributed by atoms with E-state index in [1.54, 1.807) is 12.1 Å². The molecule has 2 aromatic rings. The van der Waals surface area contributed by atoms with Crippen molar-refractivity contribution in [3.05, 3.63) is 50.9 Å². The number of carbonyl (C=O) groups is 2. The number of carbonyl (C=O) groups excluding carboxylic acids is 1. The Bertz CT molecular complexity index is 977. The first-order valence-corrected chi connectivity index (χ1v) is 8.22. The number of fused-ring (bicyclic) bond motifs is 1. The molecule has 0 aliphatic heterocycles. The van der Waals surface area contributed by atoms with E-state index in [-0.39, 0.29) is 23.7 Å². The molecule has 1 aliphatic rings. The van der Waals surface area contributed by atoms with Gasteiger partial charge in [-0.05, 0) is 18.6 Å². The molecule has 1 unspecified atom stereocenters. The Hall–Kier alpha value is -3.29. The van der Waals surface area contributed by atoms with E-state index in [9.17, 15) is 14.4 Å². The van der Waals surface area contributed by atoms with Gasteiger partial charge in [-0.1, -0.05) is 6.07 Å². The lowest BCUT2D eigenvalue weighted by Gasteiger charge is -2.26. The number of methoxy groups -OCH3 is 3. The molecule has 1 aromatic carbocycles. The molecule has 2 N–H and O–H groups in total. The molecule has 1 aromatic heterocycles. The molecule has 1 heterocycles. The first-order valence-electron chi connectivity index (χ1n) is 8.22. The molecular formula is C19H19NO7. The van der Waals surface area contributed by atoms with Crippen molar-refractivity contribution in [1.29, 1.82) is 0 Å². The zero-order chi connectivity index (χ0) is 19.7. The Kier molecular flexibility index (Phi) is 4.89. The van der Waals surface area contributed by atoms with Crippen molar-refractivity contribution in [2.75, 3.05) is 21.3 Å². The second kappa shape index (κ2) is 7.14. The standard InChI is InChI=1S/C19H19NO7/c1-25-15-5-4-10(16(26-2)17(15)27-3)9-6-13-11(14(21)7-9)8-12(19(23)24)18(22)20-13/h4-5,8-9H,6-7H2,1-3H3,(H,20,22)(H,23,24). The van der Waals surface area contributed by atoms with Crippen LogP contribution >= 0.6 is 0 Å². The van der Waals surface area contributed by atoms with E-state index in [1.807, 2.05) is 0 Å². The molecule has 8 heteroatoms. The molecule has 142 valence electrons. The molecule has 27 heavy (non-hydrogen) atoms. The summed E-state index contributed by atoms with van der Waals surface area (Å²) in [5.41, 5.74) is 0.237. The van der Waals surface area contributed by atoms with Crippen molar-refractivity contribution in [3.63, 3.8) is 0 Å². The third-order valence-electron chi connectivity index (χ3n) is 4.71. The fourth-order valence-corrected chi connectivity index (χ4v) is 3.46. The summed E-state index contributed by atoms with van der Waals surface area (Å²) in [7, 11) is 4.51. The van der Waals surface area contributed by atoms with Crippen LogP contribution in [0.3, 0.4) is 0 Å². The Morgan fingerprint density at radius 3 is 2.37 bits per heavy atom. The van der Waals surface area contributed by atoms with Crippen LogP contribution < -0.4 is 19.8 Å². The number of aromatic nitrogens is 1. The lowest BCUT2D eigenvalue weighted by Crippen LogP contribution is -2.27. The normalized spacial score (nSPS) is 15.8. The number of carboxylic acid groups (broad SMARTS) is 1. The van der Waals surface area contributed by atoms with Crippen LogP contribution in [-0.4, -0.2) is 43.2 Å². The summed E-state index contributed by atoms with van der Waals surface area (Å²) in [4.78, 5) is 38.3. The molecule has 0 bridgehead atoms. The predicted molar refractivity (Wildman–Crippen MR) is 95.5 cm³/mol. The molecular weight excluding hydrogens is 354 g/mol. The highest BCUT2D eigenvalue weighted by molar-refractivity contribution is 6.01. The van der Waals surface area contributed by atoms with Gasteiger partial charge in [-0.3, -0.25) is 9.59 Å². The summed E-state index contributed by atoms with van der Waals surface area (Å²) in [6.45, 7) is 0. The third-order valence-corrected chi connectivity index (χ3v) is 4.71. The van der Waals surface area contributed by atoms with Gasteiger partial charge >= 0.3 is 5.97 Å². The van der Waals surface area contributed by atoms with E-state index in [4.69, 9.17) is 19.3 Å². The van der Waals surface area contributed by atoms with E-state index in [2.05, 4.69) is 4.98 Å². The number of nitrogens with one attached hydrogen (secondary N) is 1. The molecule has 1 aliphatic carbocycles. The fraction of sp³-hybridized carbons (Fsp3) is 0.316. The molecule has 3 rings (SSSR count). The van der Waals surface area contributed by atoms with Gasteiger partial charge in [0.15, 0.2) is 17.3 Å². The van der Waals surface area contributed by atoms with Gasteiger partial charge in [0.05, 0.1) is 21.3 Å². The van der Waals surface area contributed by atoms with Gasteiger partial charge in [-0.15, -0.1) is 0 Å². The maximum atomic E-state index is 12.6. The van der Waals surface area contributed by atoms with E-state index < -0.39 is 17.1 Å². The Labute approximate surface area is 154 Å². The van der Waals surface area contributed by atoms with E-state index >= 15 is 0 Å². The minimum Gasteiger partial charge on any atom is -0.493 e. The van der Waals surface area contributed by atoms with Gasteiger partial charge in [-0.2, -0.15) is 0 Å². The quantitative estimate of drug-likeness (QED) is 0.824. The van der Waals surface area contributed by atoms with Crippen LogP contribution in [0.25, 0.3) is 0 Å². The lowest BCUT2D eigenvalue weighted by molar-refractivity contribution is 0.0695. The van der Waals surface area contributed by atoms with Crippen molar-refractivity contribution in [3.8, 4) is 17.2 Å². The molecule has 0 spiro atoms. The monoisotopic (exact) mass is 373 g/mol. The van der Waals surface area contributed by atoms with Crippen LogP contribution in [0.2, 0.25) is 0 Å². The van der Waals surface area contributed by atoms with Crippen LogP contribution in [0.5, 0.6) is 17.2 Å². The largest absolute Gasteiger partial charge is 0.493 e. The topological polar surface area (TPSA) is 115 Å². The van der Waals surface area contributed by atoms with Crippen molar-refractivity contribution in [2.45, 2.75) is 18.8 Å². The highest BCUT2D eigenvalue weighted by Gasteiger charge is 2.31. The summed E-state index contributed by atoms with van der Waals surface area (Å²) in [6, 6.07) is 4.68. The second-order valence-electron chi connectivity index (χ2n) is 6.16. The fourth-order valence-electron chi connectivity index (χ4n) is 3.46.